The Balaban J connectivity index is 2.66. The van der Waals surface area contributed by atoms with Crippen LogP contribution in [-0.4, -0.2) is 34.2 Å². The van der Waals surface area contributed by atoms with E-state index in [0.29, 0.717) is 12.8 Å². The van der Waals surface area contributed by atoms with Crippen molar-refractivity contribution in [3.05, 3.63) is 28.5 Å². The van der Waals surface area contributed by atoms with Crippen LogP contribution in [0.2, 0.25) is 5.02 Å². The maximum Gasteiger partial charge on any atom is 0.341 e. The largest absolute Gasteiger partial charge is 0.492 e. The number of benzene rings is 1. The first kappa shape index (κ1) is 20.7. The number of carbonyl (C=O) groups excluding carboxylic acids is 1. The highest BCUT2D eigenvalue weighted by atomic mass is 35.5. The molecule has 7 heteroatoms. The average Bonchev–Trinajstić information content (AvgIpc) is 2.38. The summed E-state index contributed by atoms with van der Waals surface area (Å²) in [4.78, 5) is 11.9. The molecule has 0 amide bonds. The zero-order valence-electron chi connectivity index (χ0n) is 14.4. The molecule has 1 rings (SSSR count). The standard InChI is InChI=1S/C17H24ClFO5/c1-16(2,3)24-15(20)11-9-12(18)14(10-13(11)19)23-8-6-5-7-17(4,21)22/h9-10,21-22H,5-8H2,1-4H3. The fourth-order valence-corrected chi connectivity index (χ4v) is 2.09. The Morgan fingerprint density at radius 1 is 1.21 bits per heavy atom. The summed E-state index contributed by atoms with van der Waals surface area (Å²) in [7, 11) is 0. The lowest BCUT2D eigenvalue weighted by Gasteiger charge is -2.20. The van der Waals surface area contributed by atoms with Gasteiger partial charge in [-0.1, -0.05) is 11.6 Å². The maximum atomic E-state index is 14.1. The molecule has 24 heavy (non-hydrogen) atoms. The Morgan fingerprint density at radius 3 is 2.38 bits per heavy atom. The van der Waals surface area contributed by atoms with Crippen LogP contribution < -0.4 is 4.74 Å². The van der Waals surface area contributed by atoms with E-state index in [4.69, 9.17) is 21.1 Å². The molecule has 0 heterocycles. The predicted octanol–water partition coefficient (Wildman–Crippen LogP) is 3.68. The summed E-state index contributed by atoms with van der Waals surface area (Å²) in [5.41, 5.74) is -0.988. The first-order valence-electron chi connectivity index (χ1n) is 7.69. The van der Waals surface area contributed by atoms with E-state index in [9.17, 15) is 19.4 Å². The van der Waals surface area contributed by atoms with Gasteiger partial charge in [0.25, 0.3) is 0 Å². The van der Waals surface area contributed by atoms with Crippen LogP contribution in [0.25, 0.3) is 0 Å². The fourth-order valence-electron chi connectivity index (χ4n) is 1.87. The Hall–Kier alpha value is -1.37. The molecule has 0 aliphatic heterocycles. The lowest BCUT2D eigenvalue weighted by atomic mass is 10.1. The van der Waals surface area contributed by atoms with Crippen LogP contribution in [0.15, 0.2) is 12.1 Å². The van der Waals surface area contributed by atoms with E-state index >= 15 is 0 Å². The van der Waals surface area contributed by atoms with Gasteiger partial charge in [-0.3, -0.25) is 0 Å². The third kappa shape index (κ3) is 7.47. The molecule has 0 aliphatic rings. The van der Waals surface area contributed by atoms with Crippen molar-refractivity contribution in [1.29, 1.82) is 0 Å². The van der Waals surface area contributed by atoms with Gasteiger partial charge in [-0.25, -0.2) is 9.18 Å². The second-order valence-electron chi connectivity index (χ2n) is 6.79. The molecule has 0 radical (unpaired) electrons. The van der Waals surface area contributed by atoms with Crippen molar-refractivity contribution >= 4 is 17.6 Å². The smallest absolute Gasteiger partial charge is 0.341 e. The number of hydrogen-bond donors (Lipinski definition) is 2. The molecular formula is C17H24ClFO5. The molecule has 0 aliphatic carbocycles. The van der Waals surface area contributed by atoms with E-state index in [0.717, 1.165) is 6.07 Å². The van der Waals surface area contributed by atoms with Crippen LogP contribution >= 0.6 is 11.6 Å². The number of rotatable bonds is 7. The predicted molar refractivity (Wildman–Crippen MR) is 88.8 cm³/mol. The minimum Gasteiger partial charge on any atom is -0.492 e. The van der Waals surface area contributed by atoms with Crippen LogP contribution in [0.1, 0.15) is 57.3 Å². The van der Waals surface area contributed by atoms with Gasteiger partial charge in [0.05, 0.1) is 17.2 Å². The van der Waals surface area contributed by atoms with E-state index < -0.39 is 23.2 Å². The molecule has 0 spiro atoms. The summed E-state index contributed by atoms with van der Waals surface area (Å²) in [5, 5.41) is 18.5. The van der Waals surface area contributed by atoms with Crippen LogP contribution in [-0.2, 0) is 4.74 Å². The highest BCUT2D eigenvalue weighted by Crippen LogP contribution is 2.29. The minimum atomic E-state index is -1.71. The van der Waals surface area contributed by atoms with Gasteiger partial charge in [-0.15, -0.1) is 0 Å². The molecule has 0 fully saturated rings. The van der Waals surface area contributed by atoms with E-state index in [2.05, 4.69) is 0 Å². The Kier molecular flexibility index (Phi) is 7.01. The zero-order valence-corrected chi connectivity index (χ0v) is 15.1. The van der Waals surface area contributed by atoms with Crippen molar-refractivity contribution in [3.8, 4) is 5.75 Å². The second-order valence-corrected chi connectivity index (χ2v) is 7.19. The number of aliphatic hydroxyl groups is 2. The number of halogens is 2. The molecule has 0 unspecified atom stereocenters. The summed E-state index contributed by atoms with van der Waals surface area (Å²) < 4.78 is 24.6. The minimum absolute atomic E-state index is 0.103. The van der Waals surface area contributed by atoms with Gasteiger partial charge in [-0.2, -0.15) is 0 Å². The highest BCUT2D eigenvalue weighted by Gasteiger charge is 2.22. The second kappa shape index (κ2) is 8.14. The average molecular weight is 363 g/mol. The van der Waals surface area contributed by atoms with E-state index in [-0.39, 0.29) is 29.4 Å². The monoisotopic (exact) mass is 362 g/mol. The number of hydrogen-bond acceptors (Lipinski definition) is 5. The first-order valence-corrected chi connectivity index (χ1v) is 8.07. The summed E-state index contributed by atoms with van der Waals surface area (Å²) in [6.07, 6.45) is 1.28. The van der Waals surface area contributed by atoms with E-state index in [1.807, 2.05) is 0 Å². The molecule has 136 valence electrons. The topological polar surface area (TPSA) is 76.0 Å². The maximum absolute atomic E-state index is 14.1. The van der Waals surface area contributed by atoms with Crippen molar-refractivity contribution in [2.75, 3.05) is 6.61 Å². The molecule has 0 saturated carbocycles. The van der Waals surface area contributed by atoms with Gasteiger partial charge < -0.3 is 19.7 Å². The van der Waals surface area contributed by atoms with Gasteiger partial charge in [0.2, 0.25) is 0 Å². The number of esters is 1. The van der Waals surface area contributed by atoms with Crippen molar-refractivity contribution in [1.82, 2.24) is 0 Å². The highest BCUT2D eigenvalue weighted by molar-refractivity contribution is 6.32. The lowest BCUT2D eigenvalue weighted by molar-refractivity contribution is -0.150. The van der Waals surface area contributed by atoms with E-state index in [1.165, 1.54) is 13.0 Å². The summed E-state index contributed by atoms with van der Waals surface area (Å²) >= 11 is 6.02. The summed E-state index contributed by atoms with van der Waals surface area (Å²) in [5.74, 6) is -3.16. The van der Waals surface area contributed by atoms with Crippen molar-refractivity contribution in [2.24, 2.45) is 0 Å². The Morgan fingerprint density at radius 2 is 1.83 bits per heavy atom. The zero-order chi connectivity index (χ0) is 18.5. The normalized spacial score (nSPS) is 12.2. The molecule has 0 aromatic heterocycles. The number of ether oxygens (including phenoxy) is 2. The molecule has 5 nitrogen and oxygen atoms in total. The van der Waals surface area contributed by atoms with Gasteiger partial charge in [-0.05, 0) is 46.6 Å². The Labute approximate surface area is 146 Å². The molecule has 0 saturated heterocycles. The number of carbonyl (C=O) groups is 1. The van der Waals surface area contributed by atoms with Gasteiger partial charge in [0, 0.05) is 12.5 Å². The van der Waals surface area contributed by atoms with Gasteiger partial charge in [0.1, 0.15) is 17.2 Å². The first-order chi connectivity index (χ1) is 10.9. The van der Waals surface area contributed by atoms with Crippen LogP contribution in [0.5, 0.6) is 5.75 Å². The van der Waals surface area contributed by atoms with E-state index in [1.54, 1.807) is 20.8 Å². The van der Waals surface area contributed by atoms with Gasteiger partial charge >= 0.3 is 5.97 Å². The molecule has 0 atom stereocenters. The quantitative estimate of drug-likeness (QED) is 0.439. The summed E-state index contributed by atoms with van der Waals surface area (Å²) in [6.45, 7) is 6.60. The van der Waals surface area contributed by atoms with Crippen molar-refractivity contribution in [2.45, 2.75) is 58.3 Å². The molecule has 1 aromatic carbocycles. The van der Waals surface area contributed by atoms with Crippen molar-refractivity contribution in [3.63, 3.8) is 0 Å². The SMILES string of the molecule is CC(O)(O)CCCCOc1cc(F)c(C(=O)OC(C)(C)C)cc1Cl. The lowest BCUT2D eigenvalue weighted by Crippen LogP contribution is -2.24. The molecule has 1 aromatic rings. The third-order valence-electron chi connectivity index (χ3n) is 2.94. The van der Waals surface area contributed by atoms with Crippen LogP contribution in [0.3, 0.4) is 0 Å². The van der Waals surface area contributed by atoms with Gasteiger partial charge in [0.15, 0.2) is 5.79 Å². The molecular weight excluding hydrogens is 339 g/mol. The van der Waals surface area contributed by atoms with Crippen molar-refractivity contribution < 1.29 is 28.9 Å². The summed E-state index contributed by atoms with van der Waals surface area (Å²) in [6, 6.07) is 2.22. The Bertz CT molecular complexity index is 576. The molecule has 2 N–H and O–H groups in total. The van der Waals surface area contributed by atoms with Crippen LogP contribution in [0, 0.1) is 5.82 Å². The molecule has 0 bridgehead atoms. The third-order valence-corrected chi connectivity index (χ3v) is 3.24. The fraction of sp³-hybridized carbons (Fsp3) is 0.588. The number of unbranched alkanes of at least 4 members (excludes halogenated alkanes) is 1. The van der Waals surface area contributed by atoms with Crippen LogP contribution in [0.4, 0.5) is 4.39 Å².